The Morgan fingerprint density at radius 1 is 1.19 bits per heavy atom. The third-order valence-corrected chi connectivity index (χ3v) is 8.80. The second kappa shape index (κ2) is 13.1. The average molecular weight is 520 g/mol. The van der Waals surface area contributed by atoms with Crippen molar-refractivity contribution in [1.82, 2.24) is 10.6 Å². The number of anilines is 1. The van der Waals surface area contributed by atoms with Gasteiger partial charge in [-0.1, -0.05) is 12.8 Å². The lowest BCUT2D eigenvalue weighted by atomic mass is 9.80. The molecule has 3 heterocycles. The zero-order valence-electron chi connectivity index (χ0n) is 22.2. The summed E-state index contributed by atoms with van der Waals surface area (Å²) in [6.07, 6.45) is 12.5. The average Bonchev–Trinajstić information content (AvgIpc) is 3.43. The minimum absolute atomic E-state index is 0.0612. The van der Waals surface area contributed by atoms with Crippen molar-refractivity contribution in [1.29, 1.82) is 0 Å². The van der Waals surface area contributed by atoms with E-state index < -0.39 is 23.5 Å². The van der Waals surface area contributed by atoms with Crippen LogP contribution in [0.4, 0.5) is 14.5 Å². The molecular weight excluding hydrogens is 476 g/mol. The number of hydrogen-bond donors (Lipinski definition) is 2. The third kappa shape index (κ3) is 7.08. The molecule has 3 aliphatic rings. The maximum Gasteiger partial charge on any atom is 0.227 e. The highest BCUT2D eigenvalue weighted by Gasteiger charge is 2.39. The van der Waals surface area contributed by atoms with Crippen LogP contribution in [0.2, 0.25) is 0 Å². The van der Waals surface area contributed by atoms with Crippen LogP contribution in [0.25, 0.3) is 0 Å². The van der Waals surface area contributed by atoms with Crippen molar-refractivity contribution in [3.8, 4) is 0 Å². The van der Waals surface area contributed by atoms with Crippen LogP contribution >= 0.6 is 0 Å². The monoisotopic (exact) mass is 519 g/mol. The molecule has 2 N–H and O–H groups in total. The molecule has 1 aromatic carbocycles. The van der Waals surface area contributed by atoms with Crippen LogP contribution in [0.5, 0.6) is 0 Å². The summed E-state index contributed by atoms with van der Waals surface area (Å²) < 4.78 is 36.6. The van der Waals surface area contributed by atoms with E-state index in [0.29, 0.717) is 31.0 Å². The molecule has 37 heavy (non-hydrogen) atoms. The van der Waals surface area contributed by atoms with Gasteiger partial charge in [0.2, 0.25) is 5.91 Å². The fraction of sp³-hybridized carbons (Fsp3) is 0.724. The molecule has 0 saturated carbocycles. The number of carbonyl (C=O) groups is 2. The normalized spacial score (nSPS) is 24.2. The van der Waals surface area contributed by atoms with Crippen LogP contribution in [-0.2, 0) is 14.3 Å². The van der Waals surface area contributed by atoms with Gasteiger partial charge in [-0.3, -0.25) is 4.79 Å². The number of piperidine rings is 1. The summed E-state index contributed by atoms with van der Waals surface area (Å²) >= 11 is 0. The number of aldehydes is 1. The first-order valence-corrected chi connectivity index (χ1v) is 14.2. The van der Waals surface area contributed by atoms with E-state index in [2.05, 4.69) is 10.6 Å². The molecular formula is C29H43F2N3O3. The Morgan fingerprint density at radius 3 is 2.51 bits per heavy atom. The highest BCUT2D eigenvalue weighted by molar-refractivity contribution is 5.84. The summed E-state index contributed by atoms with van der Waals surface area (Å²) in [5.41, 5.74) is 0.112. The van der Waals surface area contributed by atoms with E-state index in [1.807, 2.05) is 4.90 Å². The fourth-order valence-corrected chi connectivity index (χ4v) is 6.44. The Bertz CT molecular complexity index is 881. The standard InChI is InChI=1S/C29H43F2N3O3/c1-32-28(36)24(9-5-17-35)27-25(30)18-23(19-26(27)31)34-15-12-29(13-16-34)11-10-21(20-37-29)6-2-3-7-22-8-4-14-33-22/h17-19,21-22,24,33H,2-16,20H2,1H3,(H,32,36). The molecule has 0 aromatic heterocycles. The van der Waals surface area contributed by atoms with Gasteiger partial charge in [0.1, 0.15) is 17.9 Å². The number of nitrogens with one attached hydrogen (secondary N) is 2. The van der Waals surface area contributed by atoms with Gasteiger partial charge in [0, 0.05) is 43.9 Å². The first-order valence-electron chi connectivity index (χ1n) is 14.2. The van der Waals surface area contributed by atoms with Gasteiger partial charge < -0.3 is 25.1 Å². The van der Waals surface area contributed by atoms with E-state index in [0.717, 1.165) is 31.9 Å². The molecule has 3 fully saturated rings. The maximum atomic E-state index is 15.1. The Morgan fingerprint density at radius 2 is 1.92 bits per heavy atom. The predicted molar refractivity (Wildman–Crippen MR) is 141 cm³/mol. The van der Waals surface area contributed by atoms with Gasteiger partial charge in [-0.25, -0.2) is 8.78 Å². The zero-order valence-corrected chi connectivity index (χ0v) is 22.2. The number of rotatable bonds is 11. The summed E-state index contributed by atoms with van der Waals surface area (Å²) in [6.45, 7) is 3.36. The highest BCUT2D eigenvalue weighted by atomic mass is 19.1. The van der Waals surface area contributed by atoms with E-state index in [-0.39, 0.29) is 24.0 Å². The maximum absolute atomic E-state index is 15.1. The molecule has 3 atom stereocenters. The first-order chi connectivity index (χ1) is 17.9. The number of hydrogen-bond acceptors (Lipinski definition) is 5. The molecule has 3 unspecified atom stereocenters. The molecule has 206 valence electrons. The van der Waals surface area contributed by atoms with Crippen LogP contribution in [0.1, 0.15) is 88.5 Å². The van der Waals surface area contributed by atoms with Gasteiger partial charge in [0.15, 0.2) is 0 Å². The molecule has 3 saturated heterocycles. The summed E-state index contributed by atoms with van der Waals surface area (Å²) in [7, 11) is 1.43. The second-order valence-electron chi connectivity index (χ2n) is 11.2. The molecule has 0 bridgehead atoms. The molecule has 3 aliphatic heterocycles. The Hall–Kier alpha value is -2.06. The van der Waals surface area contributed by atoms with Crippen molar-refractivity contribution in [3.05, 3.63) is 29.3 Å². The molecule has 1 aromatic rings. The smallest absolute Gasteiger partial charge is 0.227 e. The Kier molecular flexibility index (Phi) is 9.93. The van der Waals surface area contributed by atoms with Gasteiger partial charge in [0.25, 0.3) is 0 Å². The molecule has 8 heteroatoms. The van der Waals surface area contributed by atoms with E-state index in [1.54, 1.807) is 0 Å². The van der Waals surface area contributed by atoms with Crippen LogP contribution in [0, 0.1) is 17.6 Å². The number of likely N-dealkylation sites (N-methyl/N-ethyl adjacent to an activating group) is 1. The zero-order chi connectivity index (χ0) is 26.3. The van der Waals surface area contributed by atoms with Gasteiger partial charge >= 0.3 is 0 Å². The Labute approximate surface area is 219 Å². The van der Waals surface area contributed by atoms with E-state index in [1.165, 1.54) is 70.7 Å². The van der Waals surface area contributed by atoms with Crippen LogP contribution in [-0.4, -0.2) is 57.1 Å². The number of benzene rings is 1. The summed E-state index contributed by atoms with van der Waals surface area (Å²) in [5, 5.41) is 6.03. The quantitative estimate of drug-likeness (QED) is 0.323. The topological polar surface area (TPSA) is 70.7 Å². The summed E-state index contributed by atoms with van der Waals surface area (Å²) in [6, 6.07) is 3.38. The lowest BCUT2D eigenvalue weighted by Crippen LogP contribution is -2.49. The van der Waals surface area contributed by atoms with Gasteiger partial charge in [-0.15, -0.1) is 0 Å². The highest BCUT2D eigenvalue weighted by Crippen LogP contribution is 2.40. The van der Waals surface area contributed by atoms with Crippen molar-refractivity contribution in [2.75, 3.05) is 38.2 Å². The van der Waals surface area contributed by atoms with E-state index in [4.69, 9.17) is 4.74 Å². The largest absolute Gasteiger partial charge is 0.375 e. The lowest BCUT2D eigenvalue weighted by molar-refractivity contribution is -0.122. The molecule has 6 nitrogen and oxygen atoms in total. The minimum Gasteiger partial charge on any atom is -0.375 e. The van der Waals surface area contributed by atoms with Crippen molar-refractivity contribution < 1.29 is 23.1 Å². The fourth-order valence-electron chi connectivity index (χ4n) is 6.44. The number of ether oxygens (including phenoxy) is 1. The lowest BCUT2D eigenvalue weighted by Gasteiger charge is -2.46. The number of halogens is 2. The van der Waals surface area contributed by atoms with Crippen molar-refractivity contribution in [3.63, 3.8) is 0 Å². The molecule has 1 spiro atoms. The number of carbonyl (C=O) groups excluding carboxylic acids is 2. The Balaban J connectivity index is 1.27. The van der Waals surface area contributed by atoms with Crippen LogP contribution in [0.3, 0.4) is 0 Å². The van der Waals surface area contributed by atoms with E-state index in [9.17, 15) is 9.59 Å². The van der Waals surface area contributed by atoms with Gasteiger partial charge in [-0.2, -0.15) is 0 Å². The number of amides is 1. The first kappa shape index (κ1) is 28.0. The second-order valence-corrected chi connectivity index (χ2v) is 11.2. The van der Waals surface area contributed by atoms with E-state index >= 15 is 8.78 Å². The van der Waals surface area contributed by atoms with Crippen molar-refractivity contribution in [2.24, 2.45) is 5.92 Å². The SMILES string of the molecule is CNC(=O)C(CCC=O)c1c(F)cc(N2CCC3(CCC(CCCCC4CCCN4)CO3)CC2)cc1F. The molecule has 0 radical (unpaired) electrons. The molecule has 4 rings (SSSR count). The predicted octanol–water partition coefficient (Wildman–Crippen LogP) is 4.85. The van der Waals surface area contributed by atoms with Crippen LogP contribution in [0.15, 0.2) is 12.1 Å². The number of unbranched alkanes of at least 4 members (excludes halogenated alkanes) is 1. The molecule has 0 aliphatic carbocycles. The molecule has 1 amide bonds. The van der Waals surface area contributed by atoms with Crippen molar-refractivity contribution in [2.45, 2.75) is 94.6 Å². The van der Waals surface area contributed by atoms with Gasteiger partial charge in [-0.05, 0) is 82.4 Å². The summed E-state index contributed by atoms with van der Waals surface area (Å²) in [4.78, 5) is 25.0. The minimum atomic E-state index is -1.03. The van der Waals surface area contributed by atoms with Gasteiger partial charge in [0.05, 0.1) is 18.1 Å². The third-order valence-electron chi connectivity index (χ3n) is 8.80. The summed E-state index contributed by atoms with van der Waals surface area (Å²) in [5.74, 6) is -2.36. The number of nitrogens with zero attached hydrogens (tertiary/aromatic N) is 1. The van der Waals surface area contributed by atoms with Crippen LogP contribution < -0.4 is 15.5 Å². The van der Waals surface area contributed by atoms with Crippen molar-refractivity contribution >= 4 is 17.9 Å².